The van der Waals surface area contributed by atoms with Gasteiger partial charge in [0.25, 0.3) is 0 Å². The molecule has 2 aromatic rings. The molecule has 6 heteroatoms. The van der Waals surface area contributed by atoms with Crippen LogP contribution in [-0.2, 0) is 17.8 Å². The van der Waals surface area contributed by atoms with E-state index in [1.165, 1.54) is 4.88 Å². The molecule has 0 bridgehead atoms. The summed E-state index contributed by atoms with van der Waals surface area (Å²) in [5.74, 6) is 0. The molecule has 0 spiro atoms. The molecule has 1 aromatic carbocycles. The van der Waals surface area contributed by atoms with Gasteiger partial charge in [0.2, 0.25) is 0 Å². The van der Waals surface area contributed by atoms with Crippen LogP contribution in [-0.4, -0.2) is 11.7 Å². The van der Waals surface area contributed by atoms with Gasteiger partial charge in [0, 0.05) is 23.7 Å². The topological polar surface area (TPSA) is 50.4 Å². The maximum atomic E-state index is 11.7. The number of carbonyl (C=O) groups is 1. The highest BCUT2D eigenvalue weighted by molar-refractivity contribution is 7.16. The van der Waals surface area contributed by atoms with Crippen LogP contribution in [0, 0.1) is 0 Å². The Morgan fingerprint density at radius 1 is 1.13 bits per heavy atom. The van der Waals surface area contributed by atoms with E-state index in [-0.39, 0.29) is 0 Å². The second-order valence-electron chi connectivity index (χ2n) is 6.13. The first-order valence-electron chi connectivity index (χ1n) is 7.36. The molecule has 1 amide bonds. The molecule has 0 fully saturated rings. The highest BCUT2D eigenvalue weighted by atomic mass is 35.5. The zero-order valence-electron chi connectivity index (χ0n) is 13.5. The number of benzene rings is 1. The first-order valence-corrected chi connectivity index (χ1v) is 8.55. The minimum atomic E-state index is -0.501. The van der Waals surface area contributed by atoms with E-state index in [0.717, 1.165) is 23.0 Å². The molecule has 2 N–H and O–H groups in total. The van der Waals surface area contributed by atoms with Crippen molar-refractivity contribution in [1.82, 2.24) is 5.32 Å². The van der Waals surface area contributed by atoms with E-state index < -0.39 is 11.7 Å². The van der Waals surface area contributed by atoms with Crippen molar-refractivity contribution >= 4 is 34.7 Å². The quantitative estimate of drug-likeness (QED) is 0.792. The Morgan fingerprint density at radius 3 is 2.39 bits per heavy atom. The van der Waals surface area contributed by atoms with Gasteiger partial charge in [-0.3, -0.25) is 5.32 Å². The summed E-state index contributed by atoms with van der Waals surface area (Å²) in [6.45, 7) is 7.05. The van der Waals surface area contributed by atoms with Crippen molar-refractivity contribution in [2.45, 2.75) is 39.5 Å². The van der Waals surface area contributed by atoms with Crippen molar-refractivity contribution in [3.8, 4) is 0 Å². The summed E-state index contributed by atoms with van der Waals surface area (Å²) in [6, 6.07) is 11.6. The molecule has 0 aliphatic heterocycles. The van der Waals surface area contributed by atoms with Crippen molar-refractivity contribution in [2.75, 3.05) is 5.32 Å². The summed E-state index contributed by atoms with van der Waals surface area (Å²) >= 11 is 7.48. The fourth-order valence-electron chi connectivity index (χ4n) is 1.90. The summed E-state index contributed by atoms with van der Waals surface area (Å²) in [6.07, 6.45) is -0.446. The summed E-state index contributed by atoms with van der Waals surface area (Å²) in [4.78, 5) is 12.9. The van der Waals surface area contributed by atoms with Crippen LogP contribution in [0.5, 0.6) is 0 Å². The van der Waals surface area contributed by atoms with Crippen molar-refractivity contribution in [1.29, 1.82) is 0 Å². The number of hydrogen-bond donors (Lipinski definition) is 2. The van der Waals surface area contributed by atoms with E-state index in [9.17, 15) is 4.79 Å². The highest BCUT2D eigenvalue weighted by Gasteiger charge is 2.15. The fraction of sp³-hybridized carbons (Fsp3) is 0.353. The van der Waals surface area contributed by atoms with Crippen LogP contribution in [0.2, 0.25) is 4.34 Å². The second-order valence-corrected chi connectivity index (χ2v) is 7.93. The Morgan fingerprint density at radius 2 is 1.83 bits per heavy atom. The third-order valence-corrected chi connectivity index (χ3v) is 4.09. The molecule has 0 atom stereocenters. The zero-order valence-corrected chi connectivity index (χ0v) is 15.1. The van der Waals surface area contributed by atoms with E-state index in [0.29, 0.717) is 5.69 Å². The average molecular weight is 353 g/mol. The van der Waals surface area contributed by atoms with Gasteiger partial charge in [-0.2, -0.15) is 0 Å². The van der Waals surface area contributed by atoms with Crippen LogP contribution in [0.3, 0.4) is 0 Å². The molecule has 0 saturated heterocycles. The Bertz CT molecular complexity index is 647. The van der Waals surface area contributed by atoms with Crippen molar-refractivity contribution in [3.63, 3.8) is 0 Å². The SMILES string of the molecule is CC(C)(C)OC(=O)Nc1ccc(CNCc2ccc(Cl)s2)cc1. The van der Waals surface area contributed by atoms with E-state index in [4.69, 9.17) is 16.3 Å². The first kappa shape index (κ1) is 17.8. The molecule has 2 rings (SSSR count). The summed E-state index contributed by atoms with van der Waals surface area (Å²) in [7, 11) is 0. The number of nitrogens with one attached hydrogen (secondary N) is 2. The first-order chi connectivity index (χ1) is 10.8. The lowest BCUT2D eigenvalue weighted by molar-refractivity contribution is 0.0636. The van der Waals surface area contributed by atoms with Crippen molar-refractivity contribution < 1.29 is 9.53 Å². The van der Waals surface area contributed by atoms with Gasteiger partial charge in [-0.15, -0.1) is 11.3 Å². The van der Waals surface area contributed by atoms with Crippen LogP contribution in [0.1, 0.15) is 31.2 Å². The number of halogens is 1. The Labute approximate surface area is 145 Å². The number of anilines is 1. The molecule has 1 heterocycles. The second kappa shape index (κ2) is 7.81. The Hall–Kier alpha value is -1.56. The molecule has 0 aliphatic rings. The van der Waals surface area contributed by atoms with Crippen LogP contribution < -0.4 is 10.6 Å². The van der Waals surface area contributed by atoms with Gasteiger partial charge < -0.3 is 10.1 Å². The lowest BCUT2D eigenvalue weighted by atomic mass is 10.2. The summed E-state index contributed by atoms with van der Waals surface area (Å²) < 4.78 is 6.02. The lowest BCUT2D eigenvalue weighted by Gasteiger charge is -2.19. The molecular formula is C17H21ClN2O2S. The van der Waals surface area contributed by atoms with Gasteiger partial charge in [-0.05, 0) is 50.6 Å². The van der Waals surface area contributed by atoms with Gasteiger partial charge in [0.1, 0.15) is 5.60 Å². The zero-order chi connectivity index (χ0) is 16.9. The van der Waals surface area contributed by atoms with Gasteiger partial charge in [-0.25, -0.2) is 4.79 Å². The number of ether oxygens (including phenoxy) is 1. The molecule has 23 heavy (non-hydrogen) atoms. The van der Waals surface area contributed by atoms with Crippen molar-refractivity contribution in [2.24, 2.45) is 0 Å². The number of carbonyl (C=O) groups excluding carboxylic acids is 1. The summed E-state index contributed by atoms with van der Waals surface area (Å²) in [5, 5.41) is 6.08. The molecule has 0 radical (unpaired) electrons. The van der Waals surface area contributed by atoms with Gasteiger partial charge in [0.05, 0.1) is 4.34 Å². The standard InChI is InChI=1S/C17H21ClN2O2S/c1-17(2,3)22-16(21)20-13-6-4-12(5-7-13)10-19-11-14-8-9-15(18)23-14/h4-9,19H,10-11H2,1-3H3,(H,20,21). The smallest absolute Gasteiger partial charge is 0.412 e. The van der Waals surface area contributed by atoms with E-state index in [1.807, 2.05) is 57.2 Å². The van der Waals surface area contributed by atoms with Crippen molar-refractivity contribution in [3.05, 3.63) is 51.2 Å². The maximum Gasteiger partial charge on any atom is 0.412 e. The van der Waals surface area contributed by atoms with Crippen LogP contribution >= 0.6 is 22.9 Å². The molecule has 0 unspecified atom stereocenters. The largest absolute Gasteiger partial charge is 0.444 e. The monoisotopic (exact) mass is 352 g/mol. The van der Waals surface area contributed by atoms with Gasteiger partial charge >= 0.3 is 6.09 Å². The maximum absolute atomic E-state index is 11.7. The van der Waals surface area contributed by atoms with Gasteiger partial charge in [0.15, 0.2) is 0 Å². The normalized spacial score (nSPS) is 11.3. The molecule has 4 nitrogen and oxygen atoms in total. The third-order valence-electron chi connectivity index (χ3n) is 2.86. The molecule has 1 aromatic heterocycles. The third kappa shape index (κ3) is 6.60. The predicted octanol–water partition coefficient (Wildman–Crippen LogP) is 5.04. The van der Waals surface area contributed by atoms with Crippen LogP contribution in [0.4, 0.5) is 10.5 Å². The lowest BCUT2D eigenvalue weighted by Crippen LogP contribution is -2.27. The van der Waals surface area contributed by atoms with E-state index in [1.54, 1.807) is 11.3 Å². The van der Waals surface area contributed by atoms with Crippen LogP contribution in [0.15, 0.2) is 36.4 Å². The molecular weight excluding hydrogens is 332 g/mol. The summed E-state index contributed by atoms with van der Waals surface area (Å²) in [5.41, 5.74) is 1.36. The minimum Gasteiger partial charge on any atom is -0.444 e. The predicted molar refractivity (Wildman–Crippen MR) is 96.2 cm³/mol. The number of rotatable bonds is 5. The molecule has 124 valence electrons. The number of amides is 1. The average Bonchev–Trinajstić information content (AvgIpc) is 2.84. The van der Waals surface area contributed by atoms with E-state index >= 15 is 0 Å². The highest BCUT2D eigenvalue weighted by Crippen LogP contribution is 2.21. The fourth-order valence-corrected chi connectivity index (χ4v) is 2.96. The van der Waals surface area contributed by atoms with Gasteiger partial charge in [-0.1, -0.05) is 23.7 Å². The molecule has 0 saturated carbocycles. The number of hydrogen-bond acceptors (Lipinski definition) is 4. The Balaban J connectivity index is 1.79. The van der Waals surface area contributed by atoms with Crippen LogP contribution in [0.25, 0.3) is 0 Å². The van der Waals surface area contributed by atoms with E-state index in [2.05, 4.69) is 10.6 Å². The molecule has 0 aliphatic carbocycles. The minimum absolute atomic E-state index is 0.446. The Kier molecular flexibility index (Phi) is 6.04. The number of thiophene rings is 1.